The second-order valence-corrected chi connectivity index (χ2v) is 4.71. The van der Waals surface area contributed by atoms with E-state index >= 15 is 0 Å². The van der Waals surface area contributed by atoms with Crippen LogP contribution < -0.4 is 0 Å². The van der Waals surface area contributed by atoms with Crippen molar-refractivity contribution in [3.8, 4) is 0 Å². The molecule has 0 saturated heterocycles. The van der Waals surface area contributed by atoms with Gasteiger partial charge in [-0.05, 0) is 38.5 Å². The second kappa shape index (κ2) is 5.92. The summed E-state index contributed by atoms with van der Waals surface area (Å²) in [5.74, 6) is 0. The third-order valence-electron chi connectivity index (χ3n) is 2.54. The predicted molar refractivity (Wildman–Crippen MR) is 69.2 cm³/mol. The van der Waals surface area contributed by atoms with Gasteiger partial charge in [-0.1, -0.05) is 23.7 Å². The molecule has 0 aliphatic carbocycles. The van der Waals surface area contributed by atoms with Crippen LogP contribution in [0, 0.1) is 0 Å². The minimum absolute atomic E-state index is 0.0695. The molecule has 1 rings (SSSR count). The highest BCUT2D eigenvalue weighted by Crippen LogP contribution is 2.22. The van der Waals surface area contributed by atoms with Crippen LogP contribution in [0.5, 0.6) is 0 Å². The summed E-state index contributed by atoms with van der Waals surface area (Å²) in [5.41, 5.74) is 0.987. The number of amides is 1. The summed E-state index contributed by atoms with van der Waals surface area (Å²) in [6.07, 6.45) is -0.441. The third-order valence-corrected chi connectivity index (χ3v) is 2.77. The van der Waals surface area contributed by atoms with Crippen LogP contribution in [0.3, 0.4) is 0 Å². The van der Waals surface area contributed by atoms with Gasteiger partial charge in [-0.2, -0.15) is 0 Å². The lowest BCUT2D eigenvalue weighted by Gasteiger charge is -2.25. The van der Waals surface area contributed by atoms with Crippen molar-refractivity contribution in [1.82, 2.24) is 4.90 Å². The Labute approximate surface area is 107 Å². The van der Waals surface area contributed by atoms with Gasteiger partial charge in [0.15, 0.2) is 0 Å². The molecule has 1 unspecified atom stereocenters. The second-order valence-electron chi connectivity index (χ2n) is 4.27. The molecule has 0 radical (unpaired) electrons. The average Bonchev–Trinajstić information content (AvgIpc) is 2.26. The van der Waals surface area contributed by atoms with Crippen molar-refractivity contribution < 1.29 is 9.53 Å². The number of hydrogen-bond acceptors (Lipinski definition) is 2. The number of carbonyl (C=O) groups is 1. The number of hydrogen-bond donors (Lipinski definition) is 0. The zero-order chi connectivity index (χ0) is 13.0. The Morgan fingerprint density at radius 1 is 1.35 bits per heavy atom. The van der Waals surface area contributed by atoms with Crippen LogP contribution >= 0.6 is 11.6 Å². The van der Waals surface area contributed by atoms with Gasteiger partial charge in [-0.25, -0.2) is 4.79 Å². The van der Waals surface area contributed by atoms with Crippen molar-refractivity contribution in [3.63, 3.8) is 0 Å². The van der Waals surface area contributed by atoms with Crippen molar-refractivity contribution in [2.45, 2.75) is 32.9 Å². The Morgan fingerprint density at radius 2 is 2.00 bits per heavy atom. The predicted octanol–water partition coefficient (Wildman–Crippen LogP) is 3.88. The molecule has 1 amide bonds. The summed E-state index contributed by atoms with van der Waals surface area (Å²) in [5, 5.41) is 0.667. The summed E-state index contributed by atoms with van der Waals surface area (Å²) in [6.45, 7) is 5.60. The standard InChI is InChI=1S/C13H18ClNO2/c1-9(2)17-13(16)15(4)10(3)11-6-5-7-12(14)8-11/h5-10H,1-4H3. The van der Waals surface area contributed by atoms with Crippen molar-refractivity contribution in [2.24, 2.45) is 0 Å². The van der Waals surface area contributed by atoms with E-state index in [0.717, 1.165) is 5.56 Å². The van der Waals surface area contributed by atoms with Crippen molar-refractivity contribution >= 4 is 17.7 Å². The number of rotatable bonds is 3. The first kappa shape index (κ1) is 13.8. The van der Waals surface area contributed by atoms with Gasteiger partial charge < -0.3 is 9.64 Å². The molecule has 0 bridgehead atoms. The van der Waals surface area contributed by atoms with Gasteiger partial charge >= 0.3 is 6.09 Å². The van der Waals surface area contributed by atoms with E-state index in [4.69, 9.17) is 16.3 Å². The van der Waals surface area contributed by atoms with E-state index in [1.807, 2.05) is 45.0 Å². The Morgan fingerprint density at radius 3 is 2.53 bits per heavy atom. The summed E-state index contributed by atoms with van der Waals surface area (Å²) in [4.78, 5) is 13.3. The molecule has 0 spiro atoms. The van der Waals surface area contributed by atoms with Crippen LogP contribution in [-0.4, -0.2) is 24.1 Å². The Bertz CT molecular complexity index is 393. The summed E-state index contributed by atoms with van der Waals surface area (Å²) in [6, 6.07) is 7.40. The number of ether oxygens (including phenoxy) is 1. The SMILES string of the molecule is CC(C)OC(=O)N(C)C(C)c1cccc(Cl)c1. The maximum Gasteiger partial charge on any atom is 0.410 e. The molecule has 4 heteroatoms. The number of halogens is 1. The summed E-state index contributed by atoms with van der Waals surface area (Å²) in [7, 11) is 1.72. The molecule has 94 valence electrons. The highest BCUT2D eigenvalue weighted by atomic mass is 35.5. The van der Waals surface area contributed by atoms with Gasteiger partial charge in [0.25, 0.3) is 0 Å². The van der Waals surface area contributed by atoms with Gasteiger partial charge in [0.1, 0.15) is 0 Å². The Hall–Kier alpha value is -1.22. The van der Waals surface area contributed by atoms with Gasteiger partial charge in [0.2, 0.25) is 0 Å². The molecule has 0 aliphatic heterocycles. The van der Waals surface area contributed by atoms with Crippen molar-refractivity contribution in [1.29, 1.82) is 0 Å². The van der Waals surface area contributed by atoms with E-state index in [1.54, 1.807) is 11.9 Å². The maximum absolute atomic E-state index is 11.7. The molecular weight excluding hydrogens is 238 g/mol. The van der Waals surface area contributed by atoms with Crippen LogP contribution in [-0.2, 0) is 4.74 Å². The zero-order valence-corrected chi connectivity index (χ0v) is 11.4. The van der Waals surface area contributed by atoms with Crippen LogP contribution in [0.25, 0.3) is 0 Å². The lowest BCUT2D eigenvalue weighted by Crippen LogP contribution is -2.31. The van der Waals surface area contributed by atoms with Gasteiger partial charge in [0.05, 0.1) is 12.1 Å². The fraction of sp³-hybridized carbons (Fsp3) is 0.462. The number of carbonyl (C=O) groups excluding carboxylic acids is 1. The van der Waals surface area contributed by atoms with E-state index in [-0.39, 0.29) is 18.2 Å². The molecule has 17 heavy (non-hydrogen) atoms. The molecule has 0 aliphatic rings. The third kappa shape index (κ3) is 3.93. The molecule has 1 atom stereocenters. The average molecular weight is 256 g/mol. The molecule has 0 saturated carbocycles. The molecule has 1 aromatic rings. The fourth-order valence-electron chi connectivity index (χ4n) is 1.43. The molecule has 1 aromatic carbocycles. The van der Waals surface area contributed by atoms with Crippen LogP contribution in [0.4, 0.5) is 4.79 Å². The summed E-state index contributed by atoms with van der Waals surface area (Å²) >= 11 is 5.92. The van der Waals surface area contributed by atoms with E-state index in [9.17, 15) is 4.79 Å². The van der Waals surface area contributed by atoms with Crippen LogP contribution in [0.1, 0.15) is 32.4 Å². The first-order valence-corrected chi connectivity index (χ1v) is 5.98. The van der Waals surface area contributed by atoms with E-state index in [0.29, 0.717) is 5.02 Å². The van der Waals surface area contributed by atoms with E-state index in [1.165, 1.54) is 0 Å². The van der Waals surface area contributed by atoms with E-state index < -0.39 is 0 Å². The zero-order valence-electron chi connectivity index (χ0n) is 10.6. The lowest BCUT2D eigenvalue weighted by atomic mass is 10.1. The first-order chi connectivity index (χ1) is 7.91. The van der Waals surface area contributed by atoms with Crippen molar-refractivity contribution in [3.05, 3.63) is 34.9 Å². The molecule has 0 heterocycles. The largest absolute Gasteiger partial charge is 0.447 e. The topological polar surface area (TPSA) is 29.5 Å². The van der Waals surface area contributed by atoms with Crippen LogP contribution in [0.15, 0.2) is 24.3 Å². The molecule has 0 N–H and O–H groups in total. The molecule has 0 aromatic heterocycles. The minimum Gasteiger partial charge on any atom is -0.447 e. The highest BCUT2D eigenvalue weighted by molar-refractivity contribution is 6.30. The Kier molecular flexibility index (Phi) is 4.82. The quantitative estimate of drug-likeness (QED) is 0.820. The summed E-state index contributed by atoms with van der Waals surface area (Å²) < 4.78 is 5.14. The lowest BCUT2D eigenvalue weighted by molar-refractivity contribution is 0.0744. The van der Waals surface area contributed by atoms with E-state index in [2.05, 4.69) is 0 Å². The number of benzene rings is 1. The minimum atomic E-state index is -0.326. The number of nitrogens with zero attached hydrogens (tertiary/aromatic N) is 1. The molecule has 3 nitrogen and oxygen atoms in total. The van der Waals surface area contributed by atoms with Crippen molar-refractivity contribution in [2.75, 3.05) is 7.05 Å². The molecular formula is C13H18ClNO2. The van der Waals surface area contributed by atoms with Gasteiger partial charge in [-0.3, -0.25) is 0 Å². The van der Waals surface area contributed by atoms with Crippen LogP contribution in [0.2, 0.25) is 5.02 Å². The molecule has 0 fully saturated rings. The normalized spacial score (nSPS) is 12.4. The van der Waals surface area contributed by atoms with Gasteiger partial charge in [0, 0.05) is 12.1 Å². The Balaban J connectivity index is 2.75. The first-order valence-electron chi connectivity index (χ1n) is 5.60. The highest BCUT2D eigenvalue weighted by Gasteiger charge is 2.19. The fourth-order valence-corrected chi connectivity index (χ4v) is 1.63. The maximum atomic E-state index is 11.7. The van der Waals surface area contributed by atoms with Gasteiger partial charge in [-0.15, -0.1) is 0 Å². The smallest absolute Gasteiger partial charge is 0.410 e. The monoisotopic (exact) mass is 255 g/mol.